The number of furan rings is 1. The highest BCUT2D eigenvalue weighted by Crippen LogP contribution is 2.16. The number of thioether (sulfide) groups is 1. The normalized spacial score (nSPS) is 15.8. The number of nitrogens with zero attached hydrogens (tertiary/aromatic N) is 3. The zero-order valence-electron chi connectivity index (χ0n) is 13.9. The Labute approximate surface area is 150 Å². The second-order valence-corrected chi connectivity index (χ2v) is 7.82. The van der Waals surface area contributed by atoms with Crippen molar-refractivity contribution in [1.29, 1.82) is 5.41 Å². The van der Waals surface area contributed by atoms with Crippen molar-refractivity contribution in [3.63, 3.8) is 0 Å². The van der Waals surface area contributed by atoms with Gasteiger partial charge in [0.1, 0.15) is 11.5 Å². The predicted molar refractivity (Wildman–Crippen MR) is 99.1 cm³/mol. The maximum atomic E-state index is 11.4. The summed E-state index contributed by atoms with van der Waals surface area (Å²) in [6, 6.07) is 3.91. The summed E-state index contributed by atoms with van der Waals surface area (Å²) in [7, 11) is 0.0482. The minimum atomic E-state index is -3.91. The van der Waals surface area contributed by atoms with Crippen LogP contribution in [0.15, 0.2) is 25.3 Å². The van der Waals surface area contributed by atoms with Crippen molar-refractivity contribution in [1.82, 2.24) is 15.5 Å². The SMILES string of the molecule is CN(C)Cc1ccc(CSCCNC2=NS(=O)(=O)N=C2NC(=N)N)o1. The maximum Gasteiger partial charge on any atom is 0.367 e. The number of nitrogens with two attached hydrogens (primary N) is 1. The molecule has 10 nitrogen and oxygen atoms in total. The molecular weight excluding hydrogens is 366 g/mol. The first-order chi connectivity index (χ1) is 11.7. The van der Waals surface area contributed by atoms with Crippen LogP contribution in [-0.4, -0.2) is 57.3 Å². The first kappa shape index (κ1) is 19.3. The van der Waals surface area contributed by atoms with Crippen molar-refractivity contribution in [2.75, 3.05) is 26.4 Å². The van der Waals surface area contributed by atoms with Gasteiger partial charge in [-0.15, -0.1) is 8.80 Å². The number of nitrogens with one attached hydrogen (secondary N) is 3. The van der Waals surface area contributed by atoms with E-state index < -0.39 is 16.2 Å². The largest absolute Gasteiger partial charge is 0.464 e. The molecule has 0 bridgehead atoms. The van der Waals surface area contributed by atoms with E-state index in [4.69, 9.17) is 15.6 Å². The Bertz CT molecular complexity index is 783. The monoisotopic (exact) mass is 387 g/mol. The van der Waals surface area contributed by atoms with E-state index in [9.17, 15) is 8.42 Å². The summed E-state index contributed by atoms with van der Waals surface area (Å²) in [4.78, 5) is 2.03. The molecule has 1 aliphatic heterocycles. The number of hydrogen-bond donors (Lipinski definition) is 4. The van der Waals surface area contributed by atoms with E-state index in [1.807, 2.05) is 31.1 Å². The molecule has 138 valence electrons. The highest BCUT2D eigenvalue weighted by Gasteiger charge is 2.24. The van der Waals surface area contributed by atoms with Crippen LogP contribution in [0, 0.1) is 5.41 Å². The van der Waals surface area contributed by atoms with Gasteiger partial charge in [-0.3, -0.25) is 5.41 Å². The van der Waals surface area contributed by atoms with Crippen LogP contribution in [0.1, 0.15) is 11.5 Å². The molecule has 0 amide bonds. The quantitative estimate of drug-likeness (QED) is 0.283. The first-order valence-electron chi connectivity index (χ1n) is 7.35. The van der Waals surface area contributed by atoms with Crippen molar-refractivity contribution >= 4 is 39.6 Å². The van der Waals surface area contributed by atoms with Crippen LogP contribution in [0.3, 0.4) is 0 Å². The molecule has 0 radical (unpaired) electrons. The van der Waals surface area contributed by atoms with E-state index in [1.54, 1.807) is 11.8 Å². The highest BCUT2D eigenvalue weighted by molar-refractivity contribution is 7.98. The van der Waals surface area contributed by atoms with Gasteiger partial charge in [0.15, 0.2) is 17.6 Å². The standard InChI is InChI=1S/C13H21N7O3S2/c1-20(2)7-9-3-4-10(23-9)8-24-6-5-16-11-12(17-13(14)15)19-25(21,22)18-11/h3-4H,5-8H2,1-2H3,(H,16,18)(H4,14,15,17,19). The third-order valence-electron chi connectivity index (χ3n) is 2.86. The third-order valence-corrected chi connectivity index (χ3v) is 4.67. The van der Waals surface area contributed by atoms with Crippen LogP contribution in [0.2, 0.25) is 0 Å². The van der Waals surface area contributed by atoms with Crippen LogP contribution < -0.4 is 16.4 Å². The second kappa shape index (κ2) is 8.36. The molecule has 1 aromatic heterocycles. The summed E-state index contributed by atoms with van der Waals surface area (Å²) < 4.78 is 35.4. The Hall–Kier alpha value is -2.05. The molecule has 12 heteroatoms. The molecule has 0 unspecified atom stereocenters. The van der Waals surface area contributed by atoms with Crippen molar-refractivity contribution in [2.24, 2.45) is 14.5 Å². The van der Waals surface area contributed by atoms with Crippen LogP contribution in [-0.2, 0) is 22.5 Å². The molecule has 0 aliphatic carbocycles. The van der Waals surface area contributed by atoms with Crippen LogP contribution in [0.5, 0.6) is 0 Å². The molecule has 25 heavy (non-hydrogen) atoms. The Morgan fingerprint density at radius 3 is 2.68 bits per heavy atom. The molecule has 1 aromatic rings. The fraction of sp³-hybridized carbons (Fsp3) is 0.462. The second-order valence-electron chi connectivity index (χ2n) is 5.45. The molecule has 2 heterocycles. The summed E-state index contributed by atoms with van der Waals surface area (Å²) in [6.45, 7) is 1.23. The fourth-order valence-corrected chi connectivity index (χ4v) is 3.51. The summed E-state index contributed by atoms with van der Waals surface area (Å²) in [5.74, 6) is 2.80. The molecular formula is C13H21N7O3S2. The minimum Gasteiger partial charge on any atom is -0.464 e. The molecule has 0 aromatic carbocycles. The molecule has 0 atom stereocenters. The van der Waals surface area contributed by atoms with Gasteiger partial charge in [-0.1, -0.05) is 0 Å². The van der Waals surface area contributed by atoms with Gasteiger partial charge in [0, 0.05) is 12.3 Å². The molecule has 0 saturated heterocycles. The van der Waals surface area contributed by atoms with E-state index in [1.165, 1.54) is 0 Å². The van der Waals surface area contributed by atoms with Crippen LogP contribution >= 0.6 is 11.8 Å². The Morgan fingerprint density at radius 2 is 2.00 bits per heavy atom. The molecule has 0 saturated carbocycles. The summed E-state index contributed by atoms with van der Waals surface area (Å²) in [5, 5.41) is 12.4. The molecule has 2 rings (SSSR count). The zero-order chi connectivity index (χ0) is 18.4. The lowest BCUT2D eigenvalue weighted by molar-refractivity contribution is 0.344. The maximum absolute atomic E-state index is 11.4. The molecule has 1 aliphatic rings. The molecule has 5 N–H and O–H groups in total. The number of guanidine groups is 1. The van der Waals surface area contributed by atoms with E-state index in [0.717, 1.165) is 18.1 Å². The fourth-order valence-electron chi connectivity index (χ4n) is 1.97. The van der Waals surface area contributed by atoms with Gasteiger partial charge >= 0.3 is 10.2 Å². The molecule has 0 fully saturated rings. The summed E-state index contributed by atoms with van der Waals surface area (Å²) in [6.07, 6.45) is 0. The Balaban J connectivity index is 1.75. The van der Waals surface area contributed by atoms with Crippen molar-refractivity contribution in [3.05, 3.63) is 23.7 Å². The summed E-state index contributed by atoms with van der Waals surface area (Å²) in [5.41, 5.74) is 5.19. The van der Waals surface area contributed by atoms with Crippen molar-refractivity contribution in [3.8, 4) is 0 Å². The number of rotatable bonds is 7. The van der Waals surface area contributed by atoms with Gasteiger partial charge in [0.05, 0.1) is 12.3 Å². The topological polar surface area (TPSA) is 149 Å². The highest BCUT2D eigenvalue weighted by atomic mass is 32.2. The Kier molecular flexibility index (Phi) is 6.45. The lowest BCUT2D eigenvalue weighted by atomic mass is 10.4. The number of amidine groups is 2. The van der Waals surface area contributed by atoms with Gasteiger partial charge < -0.3 is 25.7 Å². The minimum absolute atomic E-state index is 0.0575. The van der Waals surface area contributed by atoms with Gasteiger partial charge in [-0.2, -0.15) is 20.2 Å². The predicted octanol–water partition coefficient (Wildman–Crippen LogP) is -0.298. The third kappa shape index (κ3) is 6.40. The van der Waals surface area contributed by atoms with Crippen molar-refractivity contribution < 1.29 is 12.8 Å². The lowest BCUT2D eigenvalue weighted by Crippen LogP contribution is -2.44. The zero-order valence-corrected chi connectivity index (χ0v) is 15.6. The van der Waals surface area contributed by atoms with E-state index in [2.05, 4.69) is 19.4 Å². The Morgan fingerprint density at radius 1 is 1.32 bits per heavy atom. The van der Waals surface area contributed by atoms with Crippen LogP contribution in [0.25, 0.3) is 0 Å². The number of hydrogen-bond acceptors (Lipinski definition) is 7. The first-order valence-corrected chi connectivity index (χ1v) is 9.90. The summed E-state index contributed by atoms with van der Waals surface area (Å²) >= 11 is 1.64. The van der Waals surface area contributed by atoms with Crippen LogP contribution in [0.4, 0.5) is 0 Å². The van der Waals surface area contributed by atoms with Gasteiger partial charge in [0.2, 0.25) is 0 Å². The van der Waals surface area contributed by atoms with Crippen molar-refractivity contribution in [2.45, 2.75) is 12.3 Å². The van der Waals surface area contributed by atoms with Gasteiger partial charge in [-0.25, -0.2) is 0 Å². The average molecular weight is 387 g/mol. The van der Waals surface area contributed by atoms with E-state index >= 15 is 0 Å². The van der Waals surface area contributed by atoms with E-state index in [0.29, 0.717) is 18.1 Å². The lowest BCUT2D eigenvalue weighted by Gasteiger charge is -2.08. The van der Waals surface area contributed by atoms with E-state index in [-0.39, 0.29) is 11.7 Å². The average Bonchev–Trinajstić information content (AvgIpc) is 3.01. The molecule has 0 spiro atoms. The van der Waals surface area contributed by atoms with Gasteiger partial charge in [0.25, 0.3) is 0 Å². The smallest absolute Gasteiger partial charge is 0.367 e. The van der Waals surface area contributed by atoms with Gasteiger partial charge in [-0.05, 0) is 26.2 Å².